The second kappa shape index (κ2) is 12.0. The van der Waals surface area contributed by atoms with E-state index in [2.05, 4.69) is 23.0 Å². The Bertz CT molecular complexity index is 214. The van der Waals surface area contributed by atoms with Gasteiger partial charge in [-0.1, -0.05) is 51.9 Å². The summed E-state index contributed by atoms with van der Waals surface area (Å²) < 4.78 is 0. The molecule has 2 nitrogen and oxygen atoms in total. The molecule has 0 aromatic carbocycles. The molecule has 0 aromatic rings. The fraction of sp³-hybridized carbons (Fsp3) is 0.786. The summed E-state index contributed by atoms with van der Waals surface area (Å²) in [5.41, 5.74) is 0. The van der Waals surface area contributed by atoms with Crippen molar-refractivity contribution >= 4 is 18.6 Å². The molecular formula is C14H27ClN2. The van der Waals surface area contributed by atoms with Gasteiger partial charge in [0.1, 0.15) is 6.67 Å². The van der Waals surface area contributed by atoms with E-state index in [0.29, 0.717) is 0 Å². The van der Waals surface area contributed by atoms with Crippen molar-refractivity contribution in [3.05, 3.63) is 12.3 Å². The third-order valence-corrected chi connectivity index (χ3v) is 3.05. The summed E-state index contributed by atoms with van der Waals surface area (Å²) in [6.45, 7) is 4.30. The summed E-state index contributed by atoms with van der Waals surface area (Å²) in [5, 5.41) is 0. The first kappa shape index (κ1) is 16.5. The molecular weight excluding hydrogens is 232 g/mol. The van der Waals surface area contributed by atoms with Crippen molar-refractivity contribution in [2.45, 2.75) is 58.3 Å². The SMILES string of the molecule is CCCCCCCCCCN1C=CC=NC1.Cl. The molecule has 0 bridgehead atoms. The maximum Gasteiger partial charge on any atom is 0.109 e. The summed E-state index contributed by atoms with van der Waals surface area (Å²) in [6.07, 6.45) is 17.2. The Kier molecular flexibility index (Phi) is 11.6. The second-order valence-corrected chi connectivity index (χ2v) is 4.60. The summed E-state index contributed by atoms with van der Waals surface area (Å²) in [5.74, 6) is 0. The van der Waals surface area contributed by atoms with Crippen LogP contribution in [-0.2, 0) is 0 Å². The van der Waals surface area contributed by atoms with Crippen molar-refractivity contribution < 1.29 is 0 Å². The quantitative estimate of drug-likeness (QED) is 0.560. The Morgan fingerprint density at radius 2 is 1.65 bits per heavy atom. The van der Waals surface area contributed by atoms with E-state index < -0.39 is 0 Å². The summed E-state index contributed by atoms with van der Waals surface area (Å²) in [7, 11) is 0. The lowest BCUT2D eigenvalue weighted by atomic mass is 10.1. The minimum absolute atomic E-state index is 0. The van der Waals surface area contributed by atoms with Crippen molar-refractivity contribution in [3.8, 4) is 0 Å². The zero-order valence-electron chi connectivity index (χ0n) is 11.1. The first-order valence-corrected chi connectivity index (χ1v) is 6.84. The van der Waals surface area contributed by atoms with Crippen LogP contribution in [0.25, 0.3) is 0 Å². The molecule has 0 saturated carbocycles. The summed E-state index contributed by atoms with van der Waals surface area (Å²) >= 11 is 0. The number of hydrogen-bond donors (Lipinski definition) is 0. The van der Waals surface area contributed by atoms with Crippen molar-refractivity contribution in [1.82, 2.24) is 4.90 Å². The van der Waals surface area contributed by atoms with Gasteiger partial charge in [0, 0.05) is 19.0 Å². The maximum atomic E-state index is 4.22. The first-order valence-electron chi connectivity index (χ1n) is 6.84. The number of allylic oxidation sites excluding steroid dienone is 1. The molecule has 3 heteroatoms. The van der Waals surface area contributed by atoms with Crippen LogP contribution in [0.5, 0.6) is 0 Å². The molecule has 0 N–H and O–H groups in total. The van der Waals surface area contributed by atoms with Gasteiger partial charge in [0.25, 0.3) is 0 Å². The smallest absolute Gasteiger partial charge is 0.109 e. The van der Waals surface area contributed by atoms with Crippen molar-refractivity contribution in [1.29, 1.82) is 0 Å². The van der Waals surface area contributed by atoms with Gasteiger partial charge in [-0.15, -0.1) is 12.4 Å². The predicted octanol–water partition coefficient (Wildman–Crippen LogP) is 4.41. The van der Waals surface area contributed by atoms with Crippen LogP contribution in [0, 0.1) is 0 Å². The zero-order valence-corrected chi connectivity index (χ0v) is 11.9. The second-order valence-electron chi connectivity index (χ2n) is 4.60. The number of rotatable bonds is 9. The van der Waals surface area contributed by atoms with E-state index in [1.165, 1.54) is 57.9 Å². The maximum absolute atomic E-state index is 4.22. The number of unbranched alkanes of at least 4 members (excludes halogenated alkanes) is 7. The molecule has 0 radical (unpaired) electrons. The Hall–Kier alpha value is -0.500. The minimum Gasteiger partial charge on any atom is -0.358 e. The third-order valence-electron chi connectivity index (χ3n) is 3.05. The van der Waals surface area contributed by atoms with Crippen LogP contribution < -0.4 is 0 Å². The van der Waals surface area contributed by atoms with Crippen LogP contribution in [0.1, 0.15) is 58.3 Å². The fourth-order valence-electron chi connectivity index (χ4n) is 2.01. The van der Waals surface area contributed by atoms with E-state index in [1.54, 1.807) is 0 Å². The van der Waals surface area contributed by atoms with E-state index in [4.69, 9.17) is 0 Å². The highest BCUT2D eigenvalue weighted by Gasteiger charge is 1.99. The van der Waals surface area contributed by atoms with Crippen molar-refractivity contribution in [2.24, 2.45) is 4.99 Å². The van der Waals surface area contributed by atoms with Crippen LogP contribution in [0.2, 0.25) is 0 Å². The highest BCUT2D eigenvalue weighted by Crippen LogP contribution is 2.09. The lowest BCUT2D eigenvalue weighted by Crippen LogP contribution is -2.20. The Labute approximate surface area is 113 Å². The zero-order chi connectivity index (χ0) is 11.5. The van der Waals surface area contributed by atoms with Gasteiger partial charge in [0.2, 0.25) is 0 Å². The van der Waals surface area contributed by atoms with Crippen LogP contribution >= 0.6 is 12.4 Å². The van der Waals surface area contributed by atoms with E-state index in [-0.39, 0.29) is 12.4 Å². The fourth-order valence-corrected chi connectivity index (χ4v) is 2.01. The minimum atomic E-state index is 0. The van der Waals surface area contributed by atoms with Gasteiger partial charge in [0.05, 0.1) is 0 Å². The molecule has 1 rings (SSSR count). The van der Waals surface area contributed by atoms with Gasteiger partial charge in [-0.2, -0.15) is 0 Å². The van der Waals surface area contributed by atoms with Gasteiger partial charge >= 0.3 is 0 Å². The number of hydrogen-bond acceptors (Lipinski definition) is 2. The molecule has 0 unspecified atom stereocenters. The number of halogens is 1. The Morgan fingerprint density at radius 1 is 1.00 bits per heavy atom. The van der Waals surface area contributed by atoms with Crippen LogP contribution in [0.15, 0.2) is 17.3 Å². The molecule has 17 heavy (non-hydrogen) atoms. The molecule has 1 aliphatic rings. The first-order chi connectivity index (χ1) is 7.93. The van der Waals surface area contributed by atoms with Gasteiger partial charge < -0.3 is 4.90 Å². The van der Waals surface area contributed by atoms with E-state index >= 15 is 0 Å². The molecule has 0 fully saturated rings. The van der Waals surface area contributed by atoms with Crippen molar-refractivity contribution in [3.63, 3.8) is 0 Å². The van der Waals surface area contributed by atoms with Gasteiger partial charge in [0.15, 0.2) is 0 Å². The molecule has 100 valence electrons. The molecule has 1 aliphatic heterocycles. The van der Waals surface area contributed by atoms with Gasteiger partial charge in [-0.25, -0.2) is 0 Å². The molecule has 0 aliphatic carbocycles. The van der Waals surface area contributed by atoms with E-state index in [9.17, 15) is 0 Å². The van der Waals surface area contributed by atoms with Crippen LogP contribution in [0.4, 0.5) is 0 Å². The Balaban J connectivity index is 0.00000256. The monoisotopic (exact) mass is 258 g/mol. The third kappa shape index (κ3) is 9.22. The van der Waals surface area contributed by atoms with E-state index in [0.717, 1.165) is 6.67 Å². The summed E-state index contributed by atoms with van der Waals surface area (Å²) in [4.78, 5) is 6.51. The predicted molar refractivity (Wildman–Crippen MR) is 79.1 cm³/mol. The largest absolute Gasteiger partial charge is 0.358 e. The van der Waals surface area contributed by atoms with Gasteiger partial charge in [-0.3, -0.25) is 4.99 Å². The molecule has 1 heterocycles. The average Bonchev–Trinajstić information content (AvgIpc) is 2.34. The topological polar surface area (TPSA) is 15.6 Å². The molecule has 0 saturated heterocycles. The molecule has 0 aromatic heterocycles. The normalized spacial score (nSPS) is 13.8. The lowest BCUT2D eigenvalue weighted by Gasteiger charge is -2.19. The molecule has 0 atom stereocenters. The average molecular weight is 259 g/mol. The van der Waals surface area contributed by atoms with Crippen LogP contribution in [0.3, 0.4) is 0 Å². The number of aliphatic imine (C=N–C) groups is 1. The van der Waals surface area contributed by atoms with E-state index in [1.807, 2.05) is 12.3 Å². The standard InChI is InChI=1S/C14H26N2.ClH/c1-2-3-4-5-6-7-8-9-12-16-13-10-11-15-14-16;/h10-11,13H,2-9,12,14H2,1H3;1H. The highest BCUT2D eigenvalue weighted by atomic mass is 35.5. The van der Waals surface area contributed by atoms with Crippen molar-refractivity contribution in [2.75, 3.05) is 13.2 Å². The lowest BCUT2D eigenvalue weighted by molar-refractivity contribution is 0.370. The van der Waals surface area contributed by atoms with Crippen LogP contribution in [-0.4, -0.2) is 24.3 Å². The molecule has 0 spiro atoms. The Morgan fingerprint density at radius 3 is 2.24 bits per heavy atom. The summed E-state index contributed by atoms with van der Waals surface area (Å²) in [6, 6.07) is 0. The highest BCUT2D eigenvalue weighted by molar-refractivity contribution is 5.85. The molecule has 0 amide bonds. The number of nitrogens with zero attached hydrogens (tertiary/aromatic N) is 2. The van der Waals surface area contributed by atoms with Gasteiger partial charge in [-0.05, 0) is 12.5 Å².